The quantitative estimate of drug-likeness (QED) is 0.817. The highest BCUT2D eigenvalue weighted by molar-refractivity contribution is 5.18. The number of nitrogens with one attached hydrogen (secondary N) is 2. The van der Waals surface area contributed by atoms with E-state index in [1.54, 1.807) is 6.20 Å². The summed E-state index contributed by atoms with van der Waals surface area (Å²) in [6, 6.07) is 13.0. The molecule has 18 heavy (non-hydrogen) atoms. The van der Waals surface area contributed by atoms with E-state index >= 15 is 0 Å². The number of aromatic amines is 1. The fourth-order valence-corrected chi connectivity index (χ4v) is 2.08. The normalized spacial score (nSPS) is 14.3. The summed E-state index contributed by atoms with van der Waals surface area (Å²) in [5.74, 6) is 0.590. The monoisotopic (exact) mass is 243 g/mol. The molecule has 0 aliphatic rings. The Morgan fingerprint density at radius 3 is 2.61 bits per heavy atom. The van der Waals surface area contributed by atoms with Gasteiger partial charge in [-0.3, -0.25) is 5.10 Å². The van der Waals surface area contributed by atoms with Crippen LogP contribution in [0.2, 0.25) is 0 Å². The van der Waals surface area contributed by atoms with Crippen LogP contribution in [0.15, 0.2) is 42.6 Å². The summed E-state index contributed by atoms with van der Waals surface area (Å²) < 4.78 is 0. The molecule has 0 spiro atoms. The van der Waals surface area contributed by atoms with Crippen molar-refractivity contribution >= 4 is 0 Å². The van der Waals surface area contributed by atoms with Crippen molar-refractivity contribution in [1.29, 1.82) is 0 Å². The molecule has 2 aromatic rings. The Morgan fingerprint density at radius 1 is 1.17 bits per heavy atom. The van der Waals surface area contributed by atoms with Crippen molar-refractivity contribution in [1.82, 2.24) is 15.5 Å². The molecule has 2 atom stereocenters. The standard InChI is InChI=1S/C15H21N3/c1-12(14-6-4-3-5-7-14)8-10-16-13(2)15-9-11-17-18-15/h3-7,9,11-13,16H,8,10H2,1-2H3,(H,17,18). The molecular formula is C15H21N3. The molecule has 1 aromatic heterocycles. The van der Waals surface area contributed by atoms with Crippen molar-refractivity contribution in [3.05, 3.63) is 53.9 Å². The number of aromatic nitrogens is 2. The molecule has 0 fully saturated rings. The summed E-state index contributed by atoms with van der Waals surface area (Å²) in [7, 11) is 0. The van der Waals surface area contributed by atoms with Crippen LogP contribution in [0.4, 0.5) is 0 Å². The number of hydrogen-bond acceptors (Lipinski definition) is 2. The van der Waals surface area contributed by atoms with E-state index in [4.69, 9.17) is 0 Å². The highest BCUT2D eigenvalue weighted by Crippen LogP contribution is 2.18. The van der Waals surface area contributed by atoms with Crippen LogP contribution in [0.3, 0.4) is 0 Å². The highest BCUT2D eigenvalue weighted by atomic mass is 15.1. The number of nitrogens with zero attached hydrogens (tertiary/aromatic N) is 1. The second-order valence-electron chi connectivity index (χ2n) is 4.79. The van der Waals surface area contributed by atoms with E-state index in [9.17, 15) is 0 Å². The summed E-state index contributed by atoms with van der Waals surface area (Å²) >= 11 is 0. The molecular weight excluding hydrogens is 222 g/mol. The van der Waals surface area contributed by atoms with Crippen LogP contribution in [-0.4, -0.2) is 16.7 Å². The average molecular weight is 243 g/mol. The summed E-state index contributed by atoms with van der Waals surface area (Å²) in [5, 5.41) is 10.5. The van der Waals surface area contributed by atoms with Crippen molar-refractivity contribution in [2.45, 2.75) is 32.2 Å². The fourth-order valence-electron chi connectivity index (χ4n) is 2.08. The predicted molar refractivity (Wildman–Crippen MR) is 74.5 cm³/mol. The SMILES string of the molecule is CC(CCNC(C)c1ccn[nH]1)c1ccccc1. The number of hydrogen-bond donors (Lipinski definition) is 2. The lowest BCUT2D eigenvalue weighted by Gasteiger charge is -2.15. The molecule has 2 rings (SSSR count). The fraction of sp³-hybridized carbons (Fsp3) is 0.400. The van der Waals surface area contributed by atoms with Crippen molar-refractivity contribution in [3.8, 4) is 0 Å². The van der Waals surface area contributed by atoms with Crippen molar-refractivity contribution < 1.29 is 0 Å². The molecule has 2 N–H and O–H groups in total. The van der Waals surface area contributed by atoms with Crippen LogP contribution in [0.25, 0.3) is 0 Å². The third kappa shape index (κ3) is 3.44. The maximum absolute atomic E-state index is 3.97. The molecule has 0 aliphatic heterocycles. The van der Waals surface area contributed by atoms with E-state index in [-0.39, 0.29) is 0 Å². The Balaban J connectivity index is 1.76. The van der Waals surface area contributed by atoms with Crippen molar-refractivity contribution in [2.75, 3.05) is 6.54 Å². The predicted octanol–water partition coefficient (Wildman–Crippen LogP) is 3.25. The van der Waals surface area contributed by atoms with Gasteiger partial charge in [-0.2, -0.15) is 5.10 Å². The molecule has 0 saturated carbocycles. The minimum absolute atomic E-state index is 0.329. The minimum atomic E-state index is 0.329. The number of benzene rings is 1. The Bertz CT molecular complexity index is 436. The maximum Gasteiger partial charge on any atom is 0.0518 e. The van der Waals surface area contributed by atoms with Gasteiger partial charge in [-0.05, 0) is 37.4 Å². The van der Waals surface area contributed by atoms with Crippen LogP contribution in [0, 0.1) is 0 Å². The van der Waals surface area contributed by atoms with Gasteiger partial charge in [0.15, 0.2) is 0 Å². The molecule has 96 valence electrons. The van der Waals surface area contributed by atoms with Crippen LogP contribution in [-0.2, 0) is 0 Å². The van der Waals surface area contributed by atoms with Gasteiger partial charge in [-0.15, -0.1) is 0 Å². The average Bonchev–Trinajstić information content (AvgIpc) is 2.93. The van der Waals surface area contributed by atoms with Gasteiger partial charge in [0.05, 0.1) is 5.69 Å². The first-order chi connectivity index (χ1) is 8.77. The second kappa shape index (κ2) is 6.36. The first kappa shape index (κ1) is 12.8. The summed E-state index contributed by atoms with van der Waals surface area (Å²) in [6.45, 7) is 5.44. The third-order valence-corrected chi connectivity index (χ3v) is 3.39. The van der Waals surface area contributed by atoms with Gasteiger partial charge in [-0.25, -0.2) is 0 Å². The second-order valence-corrected chi connectivity index (χ2v) is 4.79. The molecule has 0 bridgehead atoms. The Morgan fingerprint density at radius 2 is 1.94 bits per heavy atom. The Hall–Kier alpha value is -1.61. The molecule has 0 amide bonds. The zero-order chi connectivity index (χ0) is 12.8. The highest BCUT2D eigenvalue weighted by Gasteiger charge is 2.08. The van der Waals surface area contributed by atoms with Gasteiger partial charge in [0.1, 0.15) is 0 Å². The molecule has 0 aliphatic carbocycles. The van der Waals surface area contributed by atoms with E-state index in [1.807, 2.05) is 6.07 Å². The lowest BCUT2D eigenvalue weighted by molar-refractivity contribution is 0.522. The first-order valence-corrected chi connectivity index (χ1v) is 6.55. The smallest absolute Gasteiger partial charge is 0.0518 e. The van der Waals surface area contributed by atoms with E-state index < -0.39 is 0 Å². The van der Waals surface area contributed by atoms with E-state index in [2.05, 4.69) is 59.7 Å². The molecule has 0 radical (unpaired) electrons. The molecule has 3 nitrogen and oxygen atoms in total. The van der Waals surface area contributed by atoms with Crippen molar-refractivity contribution in [2.24, 2.45) is 0 Å². The van der Waals surface area contributed by atoms with E-state index in [0.717, 1.165) is 18.7 Å². The number of rotatable bonds is 6. The lowest BCUT2D eigenvalue weighted by Crippen LogP contribution is -2.21. The van der Waals surface area contributed by atoms with E-state index in [0.29, 0.717) is 12.0 Å². The first-order valence-electron chi connectivity index (χ1n) is 6.55. The molecule has 1 aromatic carbocycles. The van der Waals surface area contributed by atoms with Gasteiger partial charge >= 0.3 is 0 Å². The molecule has 0 saturated heterocycles. The summed E-state index contributed by atoms with van der Waals surface area (Å²) in [5.41, 5.74) is 2.55. The molecule has 1 heterocycles. The largest absolute Gasteiger partial charge is 0.309 e. The Labute approximate surface area is 109 Å². The maximum atomic E-state index is 3.97. The topological polar surface area (TPSA) is 40.7 Å². The zero-order valence-electron chi connectivity index (χ0n) is 11.1. The van der Waals surface area contributed by atoms with Crippen LogP contribution < -0.4 is 5.32 Å². The lowest BCUT2D eigenvalue weighted by atomic mass is 9.98. The van der Waals surface area contributed by atoms with Gasteiger partial charge in [-0.1, -0.05) is 37.3 Å². The van der Waals surface area contributed by atoms with Gasteiger partial charge < -0.3 is 5.32 Å². The van der Waals surface area contributed by atoms with E-state index in [1.165, 1.54) is 5.56 Å². The molecule has 2 unspecified atom stereocenters. The summed E-state index contributed by atoms with van der Waals surface area (Å²) in [4.78, 5) is 0. The van der Waals surface area contributed by atoms with Crippen LogP contribution >= 0.6 is 0 Å². The molecule has 3 heteroatoms. The number of H-pyrrole nitrogens is 1. The Kier molecular flexibility index (Phi) is 4.53. The van der Waals surface area contributed by atoms with Gasteiger partial charge in [0.2, 0.25) is 0 Å². The van der Waals surface area contributed by atoms with Crippen molar-refractivity contribution in [3.63, 3.8) is 0 Å². The summed E-state index contributed by atoms with van der Waals surface area (Å²) in [6.07, 6.45) is 2.93. The third-order valence-electron chi connectivity index (χ3n) is 3.39. The van der Waals surface area contributed by atoms with Gasteiger partial charge in [0.25, 0.3) is 0 Å². The zero-order valence-corrected chi connectivity index (χ0v) is 11.1. The van der Waals surface area contributed by atoms with Crippen LogP contribution in [0.5, 0.6) is 0 Å². The van der Waals surface area contributed by atoms with Gasteiger partial charge in [0, 0.05) is 12.2 Å². The minimum Gasteiger partial charge on any atom is -0.309 e. The van der Waals surface area contributed by atoms with Crippen LogP contribution in [0.1, 0.15) is 43.5 Å².